The second kappa shape index (κ2) is 6.23. The fraction of sp³-hybridized carbons (Fsp3) is 0.130. The van der Waals surface area contributed by atoms with Crippen LogP contribution in [0.2, 0.25) is 0 Å². The van der Waals surface area contributed by atoms with Gasteiger partial charge in [0.1, 0.15) is 6.61 Å². The lowest BCUT2D eigenvalue weighted by Gasteiger charge is -2.16. The van der Waals surface area contributed by atoms with Gasteiger partial charge in [-0.1, -0.05) is 18.2 Å². The topological polar surface area (TPSA) is 57.7 Å². The number of aromatic nitrogens is 1. The Bertz CT molecular complexity index is 1260. The van der Waals surface area contributed by atoms with Gasteiger partial charge in [-0.05, 0) is 46.7 Å². The van der Waals surface area contributed by atoms with E-state index in [0.717, 1.165) is 38.4 Å². The van der Waals surface area contributed by atoms with E-state index in [1.807, 2.05) is 48.5 Å². The summed E-state index contributed by atoms with van der Waals surface area (Å²) in [7, 11) is 3.22. The van der Waals surface area contributed by atoms with Crippen LogP contribution in [0, 0.1) is 0 Å². The summed E-state index contributed by atoms with van der Waals surface area (Å²) in [5.74, 6) is 0.953. The summed E-state index contributed by atoms with van der Waals surface area (Å²) < 4.78 is 16.3. The van der Waals surface area contributed by atoms with E-state index < -0.39 is 0 Å². The summed E-state index contributed by atoms with van der Waals surface area (Å²) in [4.78, 5) is 17.1. The van der Waals surface area contributed by atoms with Crippen molar-refractivity contribution in [2.24, 2.45) is 0 Å². The fourth-order valence-electron chi connectivity index (χ4n) is 3.95. The van der Waals surface area contributed by atoms with Gasteiger partial charge in [-0.15, -0.1) is 0 Å². The summed E-state index contributed by atoms with van der Waals surface area (Å²) in [6, 6.07) is 15.7. The average Bonchev–Trinajstić information content (AvgIpc) is 3.11. The van der Waals surface area contributed by atoms with Gasteiger partial charge in [-0.2, -0.15) is 0 Å². The molecule has 0 unspecified atom stereocenters. The largest absolute Gasteiger partial charge is 0.493 e. The Hall–Kier alpha value is -3.60. The molecule has 0 radical (unpaired) electrons. The SMILES string of the molecule is COc1cc2cc3c(c(-c4cccc5ncccc45)c2cc1OC)C(=O)OC3. The molecule has 28 heavy (non-hydrogen) atoms. The molecule has 4 aromatic rings. The van der Waals surface area contributed by atoms with Gasteiger partial charge >= 0.3 is 5.97 Å². The molecular weight excluding hydrogens is 354 g/mol. The van der Waals surface area contributed by atoms with E-state index in [0.29, 0.717) is 17.1 Å². The first-order chi connectivity index (χ1) is 13.7. The molecular formula is C23H17NO4. The fourth-order valence-corrected chi connectivity index (χ4v) is 3.95. The predicted molar refractivity (Wildman–Crippen MR) is 107 cm³/mol. The smallest absolute Gasteiger partial charge is 0.339 e. The van der Waals surface area contributed by atoms with E-state index in [1.54, 1.807) is 20.4 Å². The van der Waals surface area contributed by atoms with Gasteiger partial charge in [0, 0.05) is 22.7 Å². The van der Waals surface area contributed by atoms with Gasteiger partial charge in [-0.25, -0.2) is 4.79 Å². The van der Waals surface area contributed by atoms with Crippen molar-refractivity contribution < 1.29 is 19.0 Å². The highest BCUT2D eigenvalue weighted by atomic mass is 16.5. The predicted octanol–water partition coefficient (Wildman–Crippen LogP) is 4.74. The van der Waals surface area contributed by atoms with Crippen LogP contribution >= 0.6 is 0 Å². The lowest BCUT2D eigenvalue weighted by Crippen LogP contribution is -2.00. The molecule has 5 nitrogen and oxygen atoms in total. The minimum absolute atomic E-state index is 0.272. The molecule has 0 atom stereocenters. The number of hydrogen-bond acceptors (Lipinski definition) is 5. The maximum Gasteiger partial charge on any atom is 0.339 e. The number of pyridine rings is 1. The Morgan fingerprint density at radius 2 is 1.75 bits per heavy atom. The van der Waals surface area contributed by atoms with Crippen molar-refractivity contribution in [1.29, 1.82) is 0 Å². The molecule has 2 heterocycles. The monoisotopic (exact) mass is 371 g/mol. The van der Waals surface area contributed by atoms with Gasteiger partial charge in [0.05, 0.1) is 25.3 Å². The highest BCUT2D eigenvalue weighted by molar-refractivity contribution is 6.14. The molecule has 0 saturated heterocycles. The van der Waals surface area contributed by atoms with Crippen LogP contribution in [0.25, 0.3) is 32.8 Å². The van der Waals surface area contributed by atoms with Crippen LogP contribution in [-0.4, -0.2) is 25.2 Å². The van der Waals surface area contributed by atoms with Gasteiger partial charge in [-0.3, -0.25) is 4.98 Å². The lowest BCUT2D eigenvalue weighted by molar-refractivity contribution is 0.0535. The summed E-state index contributed by atoms with van der Waals surface area (Å²) in [5.41, 5.74) is 4.14. The molecule has 5 heteroatoms. The molecule has 5 rings (SSSR count). The van der Waals surface area contributed by atoms with Crippen LogP contribution in [0.3, 0.4) is 0 Å². The Morgan fingerprint density at radius 3 is 2.57 bits per heavy atom. The first kappa shape index (κ1) is 16.6. The Labute approximate surface area is 161 Å². The Balaban J connectivity index is 1.96. The third-order valence-corrected chi connectivity index (χ3v) is 5.20. The number of carbonyl (C=O) groups is 1. The van der Waals surface area contributed by atoms with Crippen LogP contribution in [0.15, 0.2) is 54.7 Å². The number of esters is 1. The third kappa shape index (κ3) is 2.33. The zero-order chi connectivity index (χ0) is 19.3. The molecule has 1 aliphatic rings. The maximum absolute atomic E-state index is 12.6. The Morgan fingerprint density at radius 1 is 0.929 bits per heavy atom. The van der Waals surface area contributed by atoms with Crippen LogP contribution in [0.4, 0.5) is 0 Å². The Kier molecular flexibility index (Phi) is 3.69. The molecule has 0 spiro atoms. The van der Waals surface area contributed by atoms with Crippen molar-refractivity contribution in [2.75, 3.05) is 14.2 Å². The summed E-state index contributed by atoms with van der Waals surface area (Å²) in [6.45, 7) is 0.272. The standard InChI is InChI=1S/C23H17NO4/c1-26-19-10-13-9-14-12-28-23(25)21(14)22(17(13)11-20(19)27-2)16-5-3-7-18-15(16)6-4-8-24-18/h3-11H,12H2,1-2H3. The number of rotatable bonds is 3. The summed E-state index contributed by atoms with van der Waals surface area (Å²) in [5, 5.41) is 2.85. The molecule has 1 aliphatic heterocycles. The van der Waals surface area contributed by atoms with Crippen molar-refractivity contribution in [3.63, 3.8) is 0 Å². The molecule has 0 bridgehead atoms. The normalized spacial score (nSPS) is 12.9. The number of nitrogens with zero attached hydrogens (tertiary/aromatic N) is 1. The van der Waals surface area contributed by atoms with E-state index in [1.165, 1.54) is 0 Å². The molecule has 0 fully saturated rings. The van der Waals surface area contributed by atoms with Crippen LogP contribution in [0.1, 0.15) is 15.9 Å². The lowest BCUT2D eigenvalue weighted by atomic mass is 9.88. The highest BCUT2D eigenvalue weighted by Gasteiger charge is 2.29. The summed E-state index contributed by atoms with van der Waals surface area (Å²) in [6.07, 6.45) is 1.77. The zero-order valence-electron chi connectivity index (χ0n) is 15.5. The van der Waals surface area contributed by atoms with Gasteiger partial charge < -0.3 is 14.2 Å². The van der Waals surface area contributed by atoms with E-state index in [9.17, 15) is 4.79 Å². The zero-order valence-corrected chi connectivity index (χ0v) is 15.5. The van der Waals surface area contributed by atoms with Gasteiger partial charge in [0.25, 0.3) is 0 Å². The second-order valence-electron chi connectivity index (χ2n) is 6.67. The van der Waals surface area contributed by atoms with E-state index in [-0.39, 0.29) is 12.6 Å². The third-order valence-electron chi connectivity index (χ3n) is 5.20. The van der Waals surface area contributed by atoms with E-state index >= 15 is 0 Å². The minimum Gasteiger partial charge on any atom is -0.493 e. The van der Waals surface area contributed by atoms with Crippen molar-refractivity contribution in [3.05, 3.63) is 65.9 Å². The number of benzene rings is 3. The molecule has 0 aliphatic carbocycles. The van der Waals surface area contributed by atoms with E-state index in [2.05, 4.69) is 4.98 Å². The molecule has 3 aromatic carbocycles. The van der Waals surface area contributed by atoms with Crippen molar-refractivity contribution in [3.8, 4) is 22.6 Å². The number of ether oxygens (including phenoxy) is 3. The van der Waals surface area contributed by atoms with Gasteiger partial charge in [0.2, 0.25) is 0 Å². The number of methoxy groups -OCH3 is 2. The first-order valence-corrected chi connectivity index (χ1v) is 8.94. The minimum atomic E-state index is -0.303. The van der Waals surface area contributed by atoms with Gasteiger partial charge in [0.15, 0.2) is 11.5 Å². The van der Waals surface area contributed by atoms with E-state index in [4.69, 9.17) is 14.2 Å². The quantitative estimate of drug-likeness (QED) is 0.487. The first-order valence-electron chi connectivity index (χ1n) is 8.94. The molecule has 0 N–H and O–H groups in total. The molecule has 0 amide bonds. The van der Waals surface area contributed by atoms with Crippen molar-refractivity contribution >= 4 is 27.6 Å². The van der Waals surface area contributed by atoms with Crippen LogP contribution in [-0.2, 0) is 11.3 Å². The number of fused-ring (bicyclic) bond motifs is 3. The average molecular weight is 371 g/mol. The second-order valence-corrected chi connectivity index (χ2v) is 6.67. The summed E-state index contributed by atoms with van der Waals surface area (Å²) >= 11 is 0. The molecule has 138 valence electrons. The molecule has 1 aromatic heterocycles. The van der Waals surface area contributed by atoms with Crippen LogP contribution in [0.5, 0.6) is 11.5 Å². The van der Waals surface area contributed by atoms with Crippen molar-refractivity contribution in [2.45, 2.75) is 6.61 Å². The maximum atomic E-state index is 12.6. The number of carbonyl (C=O) groups excluding carboxylic acids is 1. The van der Waals surface area contributed by atoms with Crippen molar-refractivity contribution in [1.82, 2.24) is 4.98 Å². The number of cyclic esters (lactones) is 1. The highest BCUT2D eigenvalue weighted by Crippen LogP contribution is 2.43. The number of hydrogen-bond donors (Lipinski definition) is 0. The molecule has 0 saturated carbocycles. The van der Waals surface area contributed by atoms with Crippen LogP contribution < -0.4 is 9.47 Å².